The molecule has 5 atom stereocenters. The summed E-state index contributed by atoms with van der Waals surface area (Å²) in [5, 5.41) is 17.9. The summed E-state index contributed by atoms with van der Waals surface area (Å²) in [5.74, 6) is -2.35. The van der Waals surface area contributed by atoms with Gasteiger partial charge in [-0.05, 0) is 25.0 Å². The molecule has 5 heterocycles. The Kier molecular flexibility index (Phi) is 5.83. The molecule has 1 unspecified atom stereocenters. The molecule has 2 fully saturated rings. The lowest BCUT2D eigenvalue weighted by Crippen LogP contribution is -2.53. The Morgan fingerprint density at radius 1 is 1.17 bits per heavy atom. The first-order valence-corrected chi connectivity index (χ1v) is 13.1. The van der Waals surface area contributed by atoms with Crippen molar-refractivity contribution in [2.45, 2.75) is 35.5 Å². The SMILES string of the molecule is O=C1OCCC/C=C\[C@@H]2S[C@]34C=CCN(Cn5nnc6ccccc65)C(=O)C3N(CCO)C(=O)[C@@H]4[C@H]12. The smallest absolute Gasteiger partial charge is 0.311 e. The Bertz CT molecular complexity index is 1280. The first-order valence-electron chi connectivity index (χ1n) is 12.2. The van der Waals surface area contributed by atoms with Gasteiger partial charge in [-0.2, -0.15) is 0 Å². The van der Waals surface area contributed by atoms with E-state index >= 15 is 0 Å². The van der Waals surface area contributed by atoms with Crippen LogP contribution in [0.4, 0.5) is 0 Å². The average Bonchev–Trinajstić information content (AvgIpc) is 3.47. The highest BCUT2D eigenvalue weighted by molar-refractivity contribution is 8.02. The molecule has 36 heavy (non-hydrogen) atoms. The number of fused-ring (bicyclic) bond motifs is 3. The first-order chi connectivity index (χ1) is 17.5. The average molecular weight is 510 g/mol. The van der Waals surface area contributed by atoms with E-state index in [0.29, 0.717) is 13.2 Å². The molecule has 6 rings (SSSR count). The van der Waals surface area contributed by atoms with E-state index in [9.17, 15) is 19.5 Å². The number of cyclic esters (lactones) is 1. The number of thioether (sulfide) groups is 1. The summed E-state index contributed by atoms with van der Waals surface area (Å²) in [6.07, 6.45) is 9.42. The molecule has 4 aliphatic rings. The van der Waals surface area contributed by atoms with Gasteiger partial charge in [0.2, 0.25) is 11.8 Å². The summed E-state index contributed by atoms with van der Waals surface area (Å²) in [5.41, 5.74) is 1.53. The quantitative estimate of drug-likeness (QED) is 0.479. The van der Waals surface area contributed by atoms with E-state index in [-0.39, 0.29) is 36.9 Å². The molecule has 1 N–H and O–H groups in total. The van der Waals surface area contributed by atoms with Crippen LogP contribution in [0.2, 0.25) is 0 Å². The molecule has 1 spiro atoms. The van der Waals surface area contributed by atoms with Gasteiger partial charge in [0.1, 0.15) is 18.2 Å². The molecule has 4 aliphatic heterocycles. The Morgan fingerprint density at radius 3 is 2.89 bits per heavy atom. The second kappa shape index (κ2) is 9.04. The van der Waals surface area contributed by atoms with Crippen molar-refractivity contribution in [1.82, 2.24) is 24.8 Å². The minimum atomic E-state index is -0.930. The van der Waals surface area contributed by atoms with Crippen molar-refractivity contribution in [3.8, 4) is 0 Å². The second-order valence-electron chi connectivity index (χ2n) is 9.52. The van der Waals surface area contributed by atoms with Gasteiger partial charge in [0, 0.05) is 18.3 Å². The number of benzene rings is 1. The number of para-hydroxylation sites is 1. The van der Waals surface area contributed by atoms with E-state index in [1.165, 1.54) is 16.7 Å². The molecule has 1 aromatic carbocycles. The maximum absolute atomic E-state index is 14.1. The Balaban J connectivity index is 1.39. The van der Waals surface area contributed by atoms with Crippen molar-refractivity contribution in [2.75, 3.05) is 26.3 Å². The maximum atomic E-state index is 14.1. The topological polar surface area (TPSA) is 118 Å². The van der Waals surface area contributed by atoms with Crippen LogP contribution in [0.5, 0.6) is 0 Å². The minimum absolute atomic E-state index is 0.0181. The zero-order valence-corrected chi connectivity index (χ0v) is 20.4. The number of likely N-dealkylation sites (tertiary alicyclic amines) is 1. The molecule has 1 aromatic heterocycles. The van der Waals surface area contributed by atoms with Gasteiger partial charge >= 0.3 is 5.97 Å². The van der Waals surface area contributed by atoms with E-state index in [1.807, 2.05) is 48.6 Å². The van der Waals surface area contributed by atoms with Crippen LogP contribution in [0.3, 0.4) is 0 Å². The largest absolute Gasteiger partial charge is 0.465 e. The summed E-state index contributed by atoms with van der Waals surface area (Å²) in [4.78, 5) is 44.2. The molecule has 188 valence electrons. The third kappa shape index (κ3) is 3.47. The van der Waals surface area contributed by atoms with Crippen LogP contribution in [0.15, 0.2) is 48.6 Å². The number of aliphatic hydroxyl groups excluding tert-OH is 1. The van der Waals surface area contributed by atoms with Crippen molar-refractivity contribution in [2.24, 2.45) is 11.8 Å². The van der Waals surface area contributed by atoms with Crippen molar-refractivity contribution < 1.29 is 24.2 Å². The molecule has 10 nitrogen and oxygen atoms in total. The molecule has 2 amide bonds. The zero-order valence-electron chi connectivity index (χ0n) is 19.6. The Morgan fingerprint density at radius 2 is 2.03 bits per heavy atom. The molecule has 0 saturated carbocycles. The van der Waals surface area contributed by atoms with E-state index < -0.39 is 28.6 Å². The number of amides is 2. The molecule has 0 bridgehead atoms. The predicted octanol–water partition coefficient (Wildman–Crippen LogP) is 0.970. The standard InChI is InChI=1S/C25H27N5O5S/c31-13-12-29-21-23(33)28(15-30-17-8-4-3-7-16(17)26-27-30)11-6-10-25(21)20(22(29)32)19-18(36-25)9-2-1-5-14-35-24(19)34/h2-4,6-10,18-21,31H,1,5,11-15H2/b9-2-/t18-,19+,20-,21?,25-/m0/s1. The van der Waals surface area contributed by atoms with Gasteiger partial charge < -0.3 is 19.6 Å². The fourth-order valence-electron chi connectivity index (χ4n) is 5.96. The lowest BCUT2D eigenvalue weighted by Gasteiger charge is -2.34. The lowest BCUT2D eigenvalue weighted by molar-refractivity contribution is -0.153. The van der Waals surface area contributed by atoms with Crippen molar-refractivity contribution in [3.63, 3.8) is 0 Å². The van der Waals surface area contributed by atoms with E-state index in [0.717, 1.165) is 23.9 Å². The predicted molar refractivity (Wildman–Crippen MR) is 131 cm³/mol. The van der Waals surface area contributed by atoms with Gasteiger partial charge in [-0.15, -0.1) is 16.9 Å². The number of β-amino-alcohol motifs (C(OH)–C–C–N with tert-alkyl or cyclic N) is 1. The van der Waals surface area contributed by atoms with Crippen LogP contribution in [0.25, 0.3) is 11.0 Å². The summed E-state index contributed by atoms with van der Waals surface area (Å²) < 4.78 is 6.28. The number of esters is 1. The normalized spacial score (nSPS) is 32.9. The number of hydrogen-bond acceptors (Lipinski definition) is 8. The lowest BCUT2D eigenvalue weighted by atomic mass is 9.78. The third-order valence-electron chi connectivity index (χ3n) is 7.50. The highest BCUT2D eigenvalue weighted by Crippen LogP contribution is 2.60. The number of aliphatic hydroxyl groups is 1. The van der Waals surface area contributed by atoms with Gasteiger partial charge in [-0.1, -0.05) is 41.7 Å². The van der Waals surface area contributed by atoms with Crippen LogP contribution >= 0.6 is 11.8 Å². The van der Waals surface area contributed by atoms with Crippen LogP contribution in [-0.2, 0) is 25.8 Å². The molecule has 0 aliphatic carbocycles. The van der Waals surface area contributed by atoms with Gasteiger partial charge in [0.05, 0.1) is 35.3 Å². The number of hydrogen-bond donors (Lipinski definition) is 1. The minimum Gasteiger partial charge on any atom is -0.465 e. The number of carbonyl (C=O) groups excluding carboxylic acids is 3. The molecular weight excluding hydrogens is 482 g/mol. The van der Waals surface area contributed by atoms with E-state index in [2.05, 4.69) is 10.3 Å². The van der Waals surface area contributed by atoms with Crippen molar-refractivity contribution in [1.29, 1.82) is 0 Å². The summed E-state index contributed by atoms with van der Waals surface area (Å²) >= 11 is 1.49. The van der Waals surface area contributed by atoms with Gasteiger partial charge in [0.15, 0.2) is 0 Å². The number of rotatable bonds is 4. The Labute approximate surface area is 211 Å². The summed E-state index contributed by atoms with van der Waals surface area (Å²) in [6, 6.07) is 6.67. The fourth-order valence-corrected chi connectivity index (χ4v) is 7.96. The summed E-state index contributed by atoms with van der Waals surface area (Å²) in [7, 11) is 0. The molecule has 2 saturated heterocycles. The van der Waals surface area contributed by atoms with Gasteiger partial charge in [0.25, 0.3) is 0 Å². The Hall–Kier alpha value is -3.18. The number of nitrogens with zero attached hydrogens (tertiary/aromatic N) is 5. The molecular formula is C25H27N5O5S. The van der Waals surface area contributed by atoms with Gasteiger partial charge in [-0.25, -0.2) is 4.68 Å². The highest BCUT2D eigenvalue weighted by Gasteiger charge is 2.70. The fraction of sp³-hybridized carbons (Fsp3) is 0.480. The van der Waals surface area contributed by atoms with E-state index in [4.69, 9.17) is 4.74 Å². The molecule has 11 heteroatoms. The van der Waals surface area contributed by atoms with Crippen LogP contribution in [0.1, 0.15) is 12.8 Å². The third-order valence-corrected chi connectivity index (χ3v) is 9.24. The zero-order chi connectivity index (χ0) is 24.9. The summed E-state index contributed by atoms with van der Waals surface area (Å²) in [6.45, 7) is 0.545. The first kappa shape index (κ1) is 23.2. The van der Waals surface area contributed by atoms with Crippen molar-refractivity contribution >= 4 is 40.6 Å². The molecule has 2 aromatic rings. The number of ether oxygens (including phenoxy) is 1. The highest BCUT2D eigenvalue weighted by atomic mass is 32.2. The van der Waals surface area contributed by atoms with Gasteiger partial charge in [-0.3, -0.25) is 14.4 Å². The van der Waals surface area contributed by atoms with Crippen LogP contribution in [0, 0.1) is 11.8 Å². The number of carbonyl (C=O) groups is 3. The monoisotopic (exact) mass is 509 g/mol. The number of aromatic nitrogens is 3. The van der Waals surface area contributed by atoms with Crippen LogP contribution in [-0.4, -0.2) is 90.0 Å². The van der Waals surface area contributed by atoms with E-state index in [1.54, 1.807) is 9.58 Å². The van der Waals surface area contributed by atoms with Crippen molar-refractivity contribution in [3.05, 3.63) is 48.6 Å². The van der Waals surface area contributed by atoms with Crippen LogP contribution < -0.4 is 0 Å². The second-order valence-corrected chi connectivity index (χ2v) is 11.0. The molecule has 0 radical (unpaired) electrons. The maximum Gasteiger partial charge on any atom is 0.311 e. The number of allylic oxidation sites excluding steroid dienone is 1.